The fourth-order valence-corrected chi connectivity index (χ4v) is 3.63. The Morgan fingerprint density at radius 1 is 1.56 bits per heavy atom. The van der Waals surface area contributed by atoms with Crippen LogP contribution in [0.1, 0.15) is 18.9 Å². The van der Waals surface area contributed by atoms with E-state index in [-0.39, 0.29) is 5.25 Å². The Labute approximate surface area is 108 Å². The van der Waals surface area contributed by atoms with Gasteiger partial charge in [-0.25, -0.2) is 18.1 Å². The molecule has 0 aliphatic carbocycles. The smallest absolute Gasteiger partial charge is 0.216 e. The average molecular weight is 269 g/mol. The lowest BCUT2D eigenvalue weighted by molar-refractivity contribution is 0.571. The molecule has 0 amide bonds. The van der Waals surface area contributed by atoms with Crippen LogP contribution in [0.2, 0.25) is 0 Å². The number of aryl methyl sites for hydroxylation is 1. The molecule has 1 atom stereocenters. The molecule has 6 heteroatoms. The van der Waals surface area contributed by atoms with Gasteiger partial charge in [0, 0.05) is 25.8 Å². The van der Waals surface area contributed by atoms with Crippen molar-refractivity contribution in [2.45, 2.75) is 25.5 Å². The van der Waals surface area contributed by atoms with Crippen LogP contribution in [-0.4, -0.2) is 38.3 Å². The van der Waals surface area contributed by atoms with E-state index in [0.29, 0.717) is 19.5 Å². The standard InChI is InChI=1S/C12H19N3O2S/c1-3-14-18(16,17)11-5-7-15(9-11)12-8-10(2)4-6-13-12/h4,6,8,11,14H,3,5,7,9H2,1-2H3. The van der Waals surface area contributed by atoms with Gasteiger partial charge >= 0.3 is 0 Å². The van der Waals surface area contributed by atoms with E-state index in [2.05, 4.69) is 9.71 Å². The Morgan fingerprint density at radius 2 is 2.33 bits per heavy atom. The normalized spacial score (nSPS) is 20.3. The minimum Gasteiger partial charge on any atom is -0.355 e. The number of nitrogens with one attached hydrogen (secondary N) is 1. The summed E-state index contributed by atoms with van der Waals surface area (Å²) in [6.07, 6.45) is 2.42. The second-order valence-corrected chi connectivity index (χ2v) is 6.64. The lowest BCUT2D eigenvalue weighted by Crippen LogP contribution is -2.36. The summed E-state index contributed by atoms with van der Waals surface area (Å²) in [5.41, 5.74) is 1.14. The van der Waals surface area contributed by atoms with Gasteiger partial charge in [0.15, 0.2) is 0 Å². The first-order valence-electron chi connectivity index (χ1n) is 6.19. The third kappa shape index (κ3) is 2.81. The number of hydrogen-bond donors (Lipinski definition) is 1. The summed E-state index contributed by atoms with van der Waals surface area (Å²) in [6, 6.07) is 3.93. The predicted molar refractivity (Wildman–Crippen MR) is 72.2 cm³/mol. The molecule has 0 saturated carbocycles. The van der Waals surface area contributed by atoms with Crippen molar-refractivity contribution in [2.24, 2.45) is 0 Å². The Morgan fingerprint density at radius 3 is 3.00 bits per heavy atom. The Hall–Kier alpha value is -1.14. The monoisotopic (exact) mass is 269 g/mol. The van der Waals surface area contributed by atoms with Crippen molar-refractivity contribution in [1.82, 2.24) is 9.71 Å². The highest BCUT2D eigenvalue weighted by Crippen LogP contribution is 2.22. The average Bonchev–Trinajstić information content (AvgIpc) is 2.78. The van der Waals surface area contributed by atoms with Crippen LogP contribution in [0.25, 0.3) is 0 Å². The number of rotatable bonds is 4. The molecular weight excluding hydrogens is 250 g/mol. The second kappa shape index (κ2) is 5.24. The summed E-state index contributed by atoms with van der Waals surface area (Å²) in [7, 11) is -3.18. The minimum absolute atomic E-state index is 0.334. The molecule has 100 valence electrons. The van der Waals surface area contributed by atoms with Gasteiger partial charge < -0.3 is 4.90 Å². The molecule has 0 radical (unpaired) electrons. The largest absolute Gasteiger partial charge is 0.355 e. The summed E-state index contributed by atoms with van der Waals surface area (Å²) in [4.78, 5) is 6.33. The van der Waals surface area contributed by atoms with E-state index in [1.807, 2.05) is 24.0 Å². The van der Waals surface area contributed by atoms with Crippen molar-refractivity contribution in [3.8, 4) is 0 Å². The Bertz CT molecular complexity index is 516. The van der Waals surface area contributed by atoms with Crippen molar-refractivity contribution >= 4 is 15.8 Å². The topological polar surface area (TPSA) is 62.3 Å². The quantitative estimate of drug-likeness (QED) is 0.882. The van der Waals surface area contributed by atoms with Crippen LogP contribution in [0.3, 0.4) is 0 Å². The molecule has 0 spiro atoms. The zero-order valence-corrected chi connectivity index (χ0v) is 11.6. The van der Waals surface area contributed by atoms with E-state index in [1.54, 1.807) is 13.1 Å². The van der Waals surface area contributed by atoms with Gasteiger partial charge in [0.25, 0.3) is 0 Å². The molecule has 1 fully saturated rings. The maximum Gasteiger partial charge on any atom is 0.216 e. The van der Waals surface area contributed by atoms with Crippen molar-refractivity contribution in [1.29, 1.82) is 0 Å². The van der Waals surface area contributed by atoms with Gasteiger partial charge in [-0.3, -0.25) is 0 Å². The van der Waals surface area contributed by atoms with Gasteiger partial charge in [-0.05, 0) is 31.0 Å². The van der Waals surface area contributed by atoms with Crippen LogP contribution >= 0.6 is 0 Å². The molecule has 1 aromatic rings. The number of anilines is 1. The molecule has 1 saturated heterocycles. The summed E-state index contributed by atoms with van der Waals surface area (Å²) in [5.74, 6) is 0.865. The van der Waals surface area contributed by atoms with Gasteiger partial charge in [0.1, 0.15) is 5.82 Å². The number of hydrogen-bond acceptors (Lipinski definition) is 4. The number of sulfonamides is 1. The minimum atomic E-state index is -3.18. The van der Waals surface area contributed by atoms with Crippen molar-refractivity contribution in [3.63, 3.8) is 0 Å². The molecular formula is C12H19N3O2S. The van der Waals surface area contributed by atoms with E-state index in [1.165, 1.54) is 0 Å². The summed E-state index contributed by atoms with van der Waals surface area (Å²) >= 11 is 0. The highest BCUT2D eigenvalue weighted by atomic mass is 32.2. The van der Waals surface area contributed by atoms with Gasteiger partial charge in [0.05, 0.1) is 5.25 Å². The fourth-order valence-electron chi connectivity index (χ4n) is 2.20. The van der Waals surface area contributed by atoms with Crippen molar-refractivity contribution in [3.05, 3.63) is 23.9 Å². The van der Waals surface area contributed by atoms with E-state index >= 15 is 0 Å². The van der Waals surface area contributed by atoms with Gasteiger partial charge in [0.2, 0.25) is 10.0 Å². The van der Waals surface area contributed by atoms with Crippen molar-refractivity contribution < 1.29 is 8.42 Å². The first kappa shape index (κ1) is 13.3. The first-order chi connectivity index (χ1) is 8.53. The third-order valence-corrected chi connectivity index (χ3v) is 5.11. The molecule has 1 aromatic heterocycles. The van der Waals surface area contributed by atoms with E-state index in [0.717, 1.165) is 17.9 Å². The van der Waals surface area contributed by atoms with Crippen LogP contribution in [0, 0.1) is 6.92 Å². The number of pyridine rings is 1. The van der Waals surface area contributed by atoms with E-state index in [4.69, 9.17) is 0 Å². The van der Waals surface area contributed by atoms with E-state index < -0.39 is 10.0 Å². The molecule has 2 rings (SSSR count). The Balaban J connectivity index is 2.09. The highest BCUT2D eigenvalue weighted by molar-refractivity contribution is 7.90. The molecule has 2 heterocycles. The second-order valence-electron chi connectivity index (χ2n) is 4.59. The number of aromatic nitrogens is 1. The third-order valence-electron chi connectivity index (χ3n) is 3.15. The highest BCUT2D eigenvalue weighted by Gasteiger charge is 2.33. The van der Waals surface area contributed by atoms with Gasteiger partial charge in [-0.15, -0.1) is 0 Å². The zero-order valence-electron chi connectivity index (χ0n) is 10.8. The van der Waals surface area contributed by atoms with E-state index in [9.17, 15) is 8.42 Å². The molecule has 1 unspecified atom stereocenters. The summed E-state index contributed by atoms with van der Waals surface area (Å²) in [5, 5.41) is -0.334. The molecule has 1 aliphatic heterocycles. The predicted octanol–water partition coefficient (Wildman–Crippen LogP) is 0.908. The molecule has 1 aliphatic rings. The lowest BCUT2D eigenvalue weighted by atomic mass is 10.3. The molecule has 18 heavy (non-hydrogen) atoms. The van der Waals surface area contributed by atoms with Crippen LogP contribution in [0.15, 0.2) is 18.3 Å². The maximum atomic E-state index is 11.9. The van der Waals surface area contributed by atoms with Gasteiger partial charge in [-0.1, -0.05) is 6.92 Å². The Kier molecular flexibility index (Phi) is 3.87. The maximum absolute atomic E-state index is 11.9. The SMILES string of the molecule is CCNS(=O)(=O)C1CCN(c2cc(C)ccn2)C1. The summed E-state index contributed by atoms with van der Waals surface area (Å²) < 4.78 is 26.4. The molecule has 5 nitrogen and oxygen atoms in total. The van der Waals surface area contributed by atoms with Gasteiger partial charge in [-0.2, -0.15) is 0 Å². The molecule has 1 N–H and O–H groups in total. The molecule has 0 bridgehead atoms. The molecule has 0 aromatic carbocycles. The lowest BCUT2D eigenvalue weighted by Gasteiger charge is -2.17. The number of nitrogens with zero attached hydrogens (tertiary/aromatic N) is 2. The zero-order chi connectivity index (χ0) is 13.2. The van der Waals surface area contributed by atoms with Crippen LogP contribution in [-0.2, 0) is 10.0 Å². The van der Waals surface area contributed by atoms with Crippen LogP contribution in [0.5, 0.6) is 0 Å². The summed E-state index contributed by atoms with van der Waals surface area (Å²) in [6.45, 7) is 5.51. The van der Waals surface area contributed by atoms with Crippen molar-refractivity contribution in [2.75, 3.05) is 24.5 Å². The fraction of sp³-hybridized carbons (Fsp3) is 0.583. The first-order valence-corrected chi connectivity index (χ1v) is 7.73. The van der Waals surface area contributed by atoms with Crippen LogP contribution < -0.4 is 9.62 Å². The van der Waals surface area contributed by atoms with Crippen LogP contribution in [0.4, 0.5) is 5.82 Å².